The Kier molecular flexibility index (Phi) is 4.34. The van der Waals surface area contributed by atoms with Crippen LogP contribution in [0.15, 0.2) is 82.0 Å². The third kappa shape index (κ3) is 3.40. The zero-order valence-corrected chi connectivity index (χ0v) is 15.0. The fraction of sp³-hybridized carbons (Fsp3) is 0.0909. The van der Waals surface area contributed by atoms with Crippen LogP contribution < -0.4 is 9.64 Å². The van der Waals surface area contributed by atoms with E-state index in [2.05, 4.69) is 4.99 Å². The molecule has 3 aromatic rings. The van der Waals surface area contributed by atoms with E-state index in [0.29, 0.717) is 17.2 Å². The number of aryl methyl sites for hydroxylation is 2. The summed E-state index contributed by atoms with van der Waals surface area (Å²) in [5.41, 5.74) is 3.06. The first-order chi connectivity index (χ1) is 13.1. The number of amidine groups is 1. The molecule has 1 aliphatic heterocycles. The van der Waals surface area contributed by atoms with Crippen LogP contribution in [0.1, 0.15) is 16.9 Å². The molecule has 0 unspecified atom stereocenters. The van der Waals surface area contributed by atoms with Gasteiger partial charge in [0.25, 0.3) is 5.91 Å². The predicted molar refractivity (Wildman–Crippen MR) is 105 cm³/mol. The number of para-hydroxylation sites is 1. The summed E-state index contributed by atoms with van der Waals surface area (Å²) in [6.45, 7) is 3.99. The maximum Gasteiger partial charge on any atom is 0.310 e. The maximum atomic E-state index is 13.0. The van der Waals surface area contributed by atoms with Gasteiger partial charge in [-0.1, -0.05) is 35.9 Å². The molecule has 0 aliphatic carbocycles. The van der Waals surface area contributed by atoms with Crippen molar-refractivity contribution in [1.82, 2.24) is 0 Å². The van der Waals surface area contributed by atoms with Gasteiger partial charge in [0.1, 0.15) is 17.2 Å². The first kappa shape index (κ1) is 16.8. The number of benzene rings is 2. The Labute approximate surface area is 157 Å². The average Bonchev–Trinajstić information content (AvgIpc) is 3.27. The molecule has 1 aliphatic rings. The van der Waals surface area contributed by atoms with Crippen LogP contribution in [0, 0.1) is 13.8 Å². The van der Waals surface area contributed by atoms with Crippen molar-refractivity contribution in [3.63, 3.8) is 0 Å². The number of hydrogen-bond acceptors (Lipinski definition) is 4. The largest absolute Gasteiger partial charge is 0.465 e. The quantitative estimate of drug-likeness (QED) is 0.637. The molecule has 0 radical (unpaired) electrons. The highest BCUT2D eigenvalue weighted by molar-refractivity contribution is 6.26. The molecule has 4 rings (SSSR count). The van der Waals surface area contributed by atoms with Crippen molar-refractivity contribution in [3.8, 4) is 5.75 Å². The van der Waals surface area contributed by atoms with E-state index in [-0.39, 0.29) is 17.6 Å². The van der Waals surface area contributed by atoms with Gasteiger partial charge in [-0.05, 0) is 49.7 Å². The molecule has 1 aromatic heterocycles. The van der Waals surface area contributed by atoms with Crippen LogP contribution in [0.25, 0.3) is 6.08 Å². The summed E-state index contributed by atoms with van der Waals surface area (Å²) in [6.07, 6.45) is 3.16. The molecule has 0 spiro atoms. The lowest BCUT2D eigenvalue weighted by Gasteiger charge is -2.18. The lowest BCUT2D eigenvalue weighted by Crippen LogP contribution is -2.35. The molecule has 2 aromatic carbocycles. The number of anilines is 1. The van der Waals surface area contributed by atoms with Crippen LogP contribution in [-0.2, 0) is 4.79 Å². The van der Waals surface area contributed by atoms with Crippen molar-refractivity contribution in [2.45, 2.75) is 13.8 Å². The summed E-state index contributed by atoms with van der Waals surface area (Å²) < 4.78 is 11.3. The third-order valence-electron chi connectivity index (χ3n) is 4.20. The fourth-order valence-electron chi connectivity index (χ4n) is 2.89. The number of rotatable bonds is 3. The number of ether oxygens (including phenoxy) is 1. The first-order valence-corrected chi connectivity index (χ1v) is 8.60. The van der Waals surface area contributed by atoms with Gasteiger partial charge in [0, 0.05) is 6.08 Å². The number of furan rings is 1. The lowest BCUT2D eigenvalue weighted by molar-refractivity contribution is -0.113. The van der Waals surface area contributed by atoms with Gasteiger partial charge in [-0.3, -0.25) is 4.79 Å². The molecule has 27 heavy (non-hydrogen) atoms. The smallest absolute Gasteiger partial charge is 0.310 e. The molecule has 0 N–H and O–H groups in total. The highest BCUT2D eigenvalue weighted by Gasteiger charge is 2.34. The van der Waals surface area contributed by atoms with Crippen molar-refractivity contribution >= 4 is 23.7 Å². The SMILES string of the molecule is Cc1ccc(OC2=NC(=Cc3ccco3)C(=O)N2c2ccccc2)c(C)c1. The van der Waals surface area contributed by atoms with Crippen LogP contribution >= 0.6 is 0 Å². The molecule has 0 fully saturated rings. The molecule has 0 saturated carbocycles. The Balaban J connectivity index is 1.75. The van der Waals surface area contributed by atoms with Crippen LogP contribution in [0.3, 0.4) is 0 Å². The Morgan fingerprint density at radius 3 is 2.56 bits per heavy atom. The second kappa shape index (κ2) is 6.96. The molecule has 5 nitrogen and oxygen atoms in total. The molecular formula is C22H18N2O3. The summed E-state index contributed by atoms with van der Waals surface area (Å²) in [5, 5.41) is 0. The zero-order valence-electron chi connectivity index (χ0n) is 15.0. The van der Waals surface area contributed by atoms with E-state index in [0.717, 1.165) is 11.1 Å². The summed E-state index contributed by atoms with van der Waals surface area (Å²) in [5.74, 6) is 0.951. The number of carbonyl (C=O) groups is 1. The fourth-order valence-corrected chi connectivity index (χ4v) is 2.89. The van der Waals surface area contributed by atoms with Gasteiger partial charge in [0.2, 0.25) is 0 Å². The van der Waals surface area contributed by atoms with Crippen molar-refractivity contribution in [2.24, 2.45) is 4.99 Å². The second-order valence-electron chi connectivity index (χ2n) is 6.29. The minimum Gasteiger partial charge on any atom is -0.465 e. The Bertz CT molecular complexity index is 1030. The van der Waals surface area contributed by atoms with Gasteiger partial charge in [0.05, 0.1) is 12.0 Å². The summed E-state index contributed by atoms with van der Waals surface area (Å²) in [7, 11) is 0. The normalized spacial score (nSPS) is 15.3. The highest BCUT2D eigenvalue weighted by Crippen LogP contribution is 2.28. The van der Waals surface area contributed by atoms with Gasteiger partial charge >= 0.3 is 6.02 Å². The van der Waals surface area contributed by atoms with Crippen molar-refractivity contribution < 1.29 is 13.9 Å². The first-order valence-electron chi connectivity index (χ1n) is 8.60. The van der Waals surface area contributed by atoms with E-state index in [9.17, 15) is 4.79 Å². The Morgan fingerprint density at radius 1 is 1.04 bits per heavy atom. The van der Waals surface area contributed by atoms with Gasteiger partial charge in [-0.25, -0.2) is 4.90 Å². The summed E-state index contributed by atoms with van der Waals surface area (Å²) in [4.78, 5) is 18.9. The van der Waals surface area contributed by atoms with Crippen LogP contribution in [-0.4, -0.2) is 11.9 Å². The van der Waals surface area contributed by atoms with Gasteiger partial charge in [-0.2, -0.15) is 4.99 Å². The molecule has 1 amide bonds. The van der Waals surface area contributed by atoms with E-state index in [4.69, 9.17) is 9.15 Å². The lowest BCUT2D eigenvalue weighted by atomic mass is 10.1. The standard InChI is InChI=1S/C22H18N2O3/c1-15-10-11-20(16(2)13-15)27-22-23-19(14-18-9-6-12-26-18)21(25)24(22)17-7-4-3-5-8-17/h3-14H,1-2H3. The Hall–Kier alpha value is -3.60. The highest BCUT2D eigenvalue weighted by atomic mass is 16.5. The molecule has 2 heterocycles. The minimum absolute atomic E-state index is 0.218. The summed E-state index contributed by atoms with van der Waals surface area (Å²) >= 11 is 0. The van der Waals surface area contributed by atoms with Crippen molar-refractivity contribution in [3.05, 3.63) is 89.5 Å². The van der Waals surface area contributed by atoms with Crippen molar-refractivity contribution in [2.75, 3.05) is 4.90 Å². The maximum absolute atomic E-state index is 13.0. The van der Waals surface area contributed by atoms with Gasteiger partial charge in [0.15, 0.2) is 0 Å². The van der Waals surface area contributed by atoms with Crippen LogP contribution in [0.5, 0.6) is 5.75 Å². The number of carbonyl (C=O) groups excluding carboxylic acids is 1. The van der Waals surface area contributed by atoms with Gasteiger partial charge in [-0.15, -0.1) is 0 Å². The van der Waals surface area contributed by atoms with E-state index in [1.54, 1.807) is 24.5 Å². The van der Waals surface area contributed by atoms with E-state index < -0.39 is 0 Å². The number of aliphatic imine (C=N–C) groups is 1. The third-order valence-corrected chi connectivity index (χ3v) is 4.20. The number of nitrogens with zero attached hydrogens (tertiary/aromatic N) is 2. The van der Waals surface area contributed by atoms with Crippen LogP contribution in [0.4, 0.5) is 5.69 Å². The topological polar surface area (TPSA) is 55.0 Å². The zero-order chi connectivity index (χ0) is 18.8. The molecule has 0 atom stereocenters. The summed E-state index contributed by atoms with van der Waals surface area (Å²) in [6, 6.07) is 18.9. The molecule has 5 heteroatoms. The molecule has 0 saturated heterocycles. The second-order valence-corrected chi connectivity index (χ2v) is 6.29. The minimum atomic E-state index is -0.266. The van der Waals surface area contributed by atoms with E-state index >= 15 is 0 Å². The average molecular weight is 358 g/mol. The number of hydrogen-bond donors (Lipinski definition) is 0. The van der Waals surface area contributed by atoms with E-state index in [1.807, 2.05) is 62.4 Å². The Morgan fingerprint density at radius 2 is 1.85 bits per heavy atom. The molecule has 0 bridgehead atoms. The van der Waals surface area contributed by atoms with E-state index in [1.165, 1.54) is 4.90 Å². The van der Waals surface area contributed by atoms with Crippen molar-refractivity contribution in [1.29, 1.82) is 0 Å². The monoisotopic (exact) mass is 358 g/mol. The predicted octanol–water partition coefficient (Wildman–Crippen LogP) is 4.72. The van der Waals surface area contributed by atoms with Crippen LogP contribution in [0.2, 0.25) is 0 Å². The van der Waals surface area contributed by atoms with Gasteiger partial charge < -0.3 is 9.15 Å². The molecule has 134 valence electrons. The molecular weight excluding hydrogens is 340 g/mol. The number of amides is 1.